The van der Waals surface area contributed by atoms with Gasteiger partial charge in [-0.2, -0.15) is 0 Å². The van der Waals surface area contributed by atoms with Crippen LogP contribution in [0.1, 0.15) is 10.4 Å². The molecule has 1 rings (SSSR count). The third-order valence-electron chi connectivity index (χ3n) is 2.54. The minimum absolute atomic E-state index is 0.0117. The standard InChI is InChI=1S/C13H18ClNO2S/c1-17-10-9-15(8-7-14)13(16)11-5-3-4-6-12(11)18-2/h3-6H,7-10H2,1-2H3. The molecule has 0 radical (unpaired) electrons. The molecular weight excluding hydrogens is 270 g/mol. The lowest BCUT2D eigenvalue weighted by molar-refractivity contribution is 0.0704. The fourth-order valence-electron chi connectivity index (χ4n) is 1.61. The second-order valence-corrected chi connectivity index (χ2v) is 4.90. The normalized spacial score (nSPS) is 10.4. The van der Waals surface area contributed by atoms with Gasteiger partial charge in [0.1, 0.15) is 0 Å². The summed E-state index contributed by atoms with van der Waals surface area (Å²) in [5.74, 6) is 0.439. The maximum atomic E-state index is 12.4. The Balaban J connectivity index is 2.86. The molecule has 1 amide bonds. The summed E-state index contributed by atoms with van der Waals surface area (Å²) in [7, 11) is 1.62. The lowest BCUT2D eigenvalue weighted by Gasteiger charge is -2.22. The number of benzene rings is 1. The van der Waals surface area contributed by atoms with E-state index in [9.17, 15) is 4.79 Å². The van der Waals surface area contributed by atoms with Crippen molar-refractivity contribution in [1.82, 2.24) is 4.90 Å². The van der Waals surface area contributed by atoms with Gasteiger partial charge in [-0.3, -0.25) is 4.79 Å². The molecular formula is C13H18ClNO2S. The largest absolute Gasteiger partial charge is 0.383 e. The molecule has 0 unspecified atom stereocenters. The van der Waals surface area contributed by atoms with Crippen LogP contribution in [0.3, 0.4) is 0 Å². The highest BCUT2D eigenvalue weighted by Gasteiger charge is 2.17. The fourth-order valence-corrected chi connectivity index (χ4v) is 2.40. The van der Waals surface area contributed by atoms with Crippen LogP contribution in [0, 0.1) is 0 Å². The number of methoxy groups -OCH3 is 1. The van der Waals surface area contributed by atoms with Crippen LogP contribution in [-0.4, -0.2) is 49.7 Å². The molecule has 5 heteroatoms. The van der Waals surface area contributed by atoms with Gasteiger partial charge in [0.25, 0.3) is 5.91 Å². The van der Waals surface area contributed by atoms with Crippen molar-refractivity contribution in [3.63, 3.8) is 0 Å². The van der Waals surface area contributed by atoms with Gasteiger partial charge in [-0.05, 0) is 18.4 Å². The summed E-state index contributed by atoms with van der Waals surface area (Å²) >= 11 is 7.31. The van der Waals surface area contributed by atoms with E-state index in [1.165, 1.54) is 0 Å². The first-order valence-electron chi connectivity index (χ1n) is 5.71. The first-order chi connectivity index (χ1) is 8.74. The molecule has 1 aromatic rings. The minimum Gasteiger partial charge on any atom is -0.383 e. The van der Waals surface area contributed by atoms with E-state index in [2.05, 4.69) is 0 Å². The van der Waals surface area contributed by atoms with Gasteiger partial charge in [0, 0.05) is 31.0 Å². The number of carbonyl (C=O) groups excluding carboxylic acids is 1. The highest BCUT2D eigenvalue weighted by molar-refractivity contribution is 7.98. The molecule has 0 aliphatic heterocycles. The molecule has 0 N–H and O–H groups in total. The van der Waals surface area contributed by atoms with E-state index in [1.54, 1.807) is 23.8 Å². The van der Waals surface area contributed by atoms with Crippen molar-refractivity contribution in [2.24, 2.45) is 0 Å². The Kier molecular flexibility index (Phi) is 7.16. The zero-order valence-electron chi connectivity index (χ0n) is 10.7. The number of carbonyl (C=O) groups is 1. The van der Waals surface area contributed by atoms with Crippen molar-refractivity contribution >= 4 is 29.3 Å². The van der Waals surface area contributed by atoms with Crippen molar-refractivity contribution in [3.8, 4) is 0 Å². The average Bonchev–Trinajstić information content (AvgIpc) is 2.42. The van der Waals surface area contributed by atoms with E-state index in [-0.39, 0.29) is 5.91 Å². The van der Waals surface area contributed by atoms with Gasteiger partial charge in [0.05, 0.1) is 12.2 Å². The van der Waals surface area contributed by atoms with Gasteiger partial charge in [-0.15, -0.1) is 23.4 Å². The number of hydrogen-bond donors (Lipinski definition) is 0. The number of rotatable bonds is 7. The van der Waals surface area contributed by atoms with Crippen LogP contribution in [0.2, 0.25) is 0 Å². The summed E-state index contributed by atoms with van der Waals surface area (Å²) in [6.45, 7) is 1.61. The van der Waals surface area contributed by atoms with Crippen molar-refractivity contribution in [2.75, 3.05) is 38.9 Å². The smallest absolute Gasteiger partial charge is 0.255 e. The molecule has 0 aromatic heterocycles. The van der Waals surface area contributed by atoms with E-state index < -0.39 is 0 Å². The Morgan fingerprint density at radius 3 is 2.72 bits per heavy atom. The second kappa shape index (κ2) is 8.40. The molecule has 100 valence electrons. The quantitative estimate of drug-likeness (QED) is 0.570. The van der Waals surface area contributed by atoms with Crippen molar-refractivity contribution < 1.29 is 9.53 Å². The Bertz CT molecular complexity index is 387. The summed E-state index contributed by atoms with van der Waals surface area (Å²) in [6.07, 6.45) is 1.97. The van der Waals surface area contributed by atoms with Crippen molar-refractivity contribution in [2.45, 2.75) is 4.90 Å². The topological polar surface area (TPSA) is 29.5 Å². The number of thioether (sulfide) groups is 1. The summed E-state index contributed by atoms with van der Waals surface area (Å²) in [6, 6.07) is 7.61. The summed E-state index contributed by atoms with van der Waals surface area (Å²) in [5.41, 5.74) is 0.728. The summed E-state index contributed by atoms with van der Waals surface area (Å²) in [5, 5.41) is 0. The number of ether oxygens (including phenoxy) is 1. The second-order valence-electron chi connectivity index (χ2n) is 3.67. The first-order valence-corrected chi connectivity index (χ1v) is 7.47. The van der Waals surface area contributed by atoms with Crippen LogP contribution in [0.25, 0.3) is 0 Å². The molecule has 0 atom stereocenters. The van der Waals surface area contributed by atoms with Gasteiger partial charge >= 0.3 is 0 Å². The predicted molar refractivity (Wildman–Crippen MR) is 76.7 cm³/mol. The lowest BCUT2D eigenvalue weighted by atomic mass is 10.2. The maximum absolute atomic E-state index is 12.4. The van der Waals surface area contributed by atoms with E-state index >= 15 is 0 Å². The van der Waals surface area contributed by atoms with E-state index in [0.29, 0.717) is 25.6 Å². The monoisotopic (exact) mass is 287 g/mol. The number of amides is 1. The molecule has 0 saturated heterocycles. The molecule has 0 fully saturated rings. The van der Waals surface area contributed by atoms with E-state index in [4.69, 9.17) is 16.3 Å². The van der Waals surface area contributed by atoms with Crippen molar-refractivity contribution in [3.05, 3.63) is 29.8 Å². The van der Waals surface area contributed by atoms with Gasteiger partial charge < -0.3 is 9.64 Å². The fraction of sp³-hybridized carbons (Fsp3) is 0.462. The Labute approximate surface area is 117 Å². The SMILES string of the molecule is COCCN(CCCl)C(=O)c1ccccc1SC. The number of halogens is 1. The Hall–Kier alpha value is -0.710. The van der Waals surface area contributed by atoms with Crippen LogP contribution in [0.15, 0.2) is 29.2 Å². The molecule has 0 saturated carbocycles. The third kappa shape index (κ3) is 4.19. The third-order valence-corrected chi connectivity index (χ3v) is 3.51. The molecule has 0 aliphatic rings. The Morgan fingerprint density at radius 2 is 2.11 bits per heavy atom. The first kappa shape index (κ1) is 15.3. The van der Waals surface area contributed by atoms with Gasteiger partial charge in [0.2, 0.25) is 0 Å². The molecule has 0 spiro atoms. The average molecular weight is 288 g/mol. The molecule has 1 aromatic carbocycles. The van der Waals surface area contributed by atoms with Gasteiger partial charge in [-0.1, -0.05) is 12.1 Å². The van der Waals surface area contributed by atoms with Crippen LogP contribution in [-0.2, 0) is 4.74 Å². The predicted octanol–water partition coefficient (Wildman–Crippen LogP) is 2.74. The molecule has 3 nitrogen and oxygen atoms in total. The Morgan fingerprint density at radius 1 is 1.39 bits per heavy atom. The van der Waals surface area contributed by atoms with Crippen LogP contribution >= 0.6 is 23.4 Å². The number of nitrogens with zero attached hydrogens (tertiary/aromatic N) is 1. The highest BCUT2D eigenvalue weighted by atomic mass is 35.5. The molecule has 0 heterocycles. The number of alkyl halides is 1. The van der Waals surface area contributed by atoms with Gasteiger partial charge in [0.15, 0.2) is 0 Å². The molecule has 0 bridgehead atoms. The van der Waals surface area contributed by atoms with Crippen LogP contribution in [0.5, 0.6) is 0 Å². The van der Waals surface area contributed by atoms with E-state index in [0.717, 1.165) is 10.5 Å². The molecule has 18 heavy (non-hydrogen) atoms. The molecule has 0 aliphatic carbocycles. The zero-order chi connectivity index (χ0) is 13.4. The van der Waals surface area contributed by atoms with E-state index in [1.807, 2.05) is 30.5 Å². The maximum Gasteiger partial charge on any atom is 0.255 e. The zero-order valence-corrected chi connectivity index (χ0v) is 12.3. The highest BCUT2D eigenvalue weighted by Crippen LogP contribution is 2.21. The van der Waals surface area contributed by atoms with Crippen LogP contribution in [0.4, 0.5) is 0 Å². The number of hydrogen-bond acceptors (Lipinski definition) is 3. The minimum atomic E-state index is 0.0117. The van der Waals surface area contributed by atoms with Crippen LogP contribution < -0.4 is 0 Å². The lowest BCUT2D eigenvalue weighted by Crippen LogP contribution is -2.35. The summed E-state index contributed by atoms with van der Waals surface area (Å²) in [4.78, 5) is 15.1. The van der Waals surface area contributed by atoms with Crippen molar-refractivity contribution in [1.29, 1.82) is 0 Å². The van der Waals surface area contributed by atoms with Gasteiger partial charge in [-0.25, -0.2) is 0 Å². The summed E-state index contributed by atoms with van der Waals surface area (Å²) < 4.78 is 5.02.